The third-order valence-electron chi connectivity index (χ3n) is 5.61. The molecular formula is C26H23ClN4O3. The summed E-state index contributed by atoms with van der Waals surface area (Å²) < 4.78 is 2.11. The average molecular weight is 475 g/mol. The minimum Gasteiger partial charge on any atom is -0.344 e. The maximum Gasteiger partial charge on any atom is 0.352 e. The molecule has 1 N–H and O–H groups in total. The highest BCUT2D eigenvalue weighted by Crippen LogP contribution is 2.16. The molecule has 0 saturated heterocycles. The Morgan fingerprint density at radius 3 is 2.00 bits per heavy atom. The van der Waals surface area contributed by atoms with Crippen molar-refractivity contribution in [2.75, 3.05) is 0 Å². The maximum absolute atomic E-state index is 13.4. The zero-order valence-electron chi connectivity index (χ0n) is 18.7. The highest BCUT2D eigenvalue weighted by atomic mass is 35.5. The Morgan fingerprint density at radius 2 is 1.41 bits per heavy atom. The van der Waals surface area contributed by atoms with Crippen molar-refractivity contribution in [3.63, 3.8) is 0 Å². The molecule has 1 amide bonds. The number of amides is 1. The van der Waals surface area contributed by atoms with Crippen molar-refractivity contribution in [1.29, 1.82) is 0 Å². The summed E-state index contributed by atoms with van der Waals surface area (Å²) in [6.07, 6.45) is 0. The van der Waals surface area contributed by atoms with Crippen molar-refractivity contribution in [1.82, 2.24) is 19.7 Å². The minimum atomic E-state index is -0.760. The van der Waals surface area contributed by atoms with Gasteiger partial charge in [-0.1, -0.05) is 72.3 Å². The summed E-state index contributed by atoms with van der Waals surface area (Å²) in [6, 6.07) is 23.9. The number of benzene rings is 3. The second-order valence-corrected chi connectivity index (χ2v) is 8.32. The Hall–Kier alpha value is -3.97. The molecule has 7 nitrogen and oxygen atoms in total. The molecule has 3 aromatic carbocycles. The number of carbonyl (C=O) groups excluding carboxylic acids is 1. The highest BCUT2D eigenvalue weighted by molar-refractivity contribution is 6.30. The van der Waals surface area contributed by atoms with Gasteiger partial charge in [-0.2, -0.15) is 9.78 Å². The maximum atomic E-state index is 13.4. The van der Waals surface area contributed by atoms with Crippen LogP contribution in [0.15, 0.2) is 94.5 Å². The largest absolute Gasteiger partial charge is 0.352 e. The molecule has 0 radical (unpaired) electrons. The number of halogens is 1. The molecule has 0 unspecified atom stereocenters. The fourth-order valence-corrected chi connectivity index (χ4v) is 3.82. The van der Waals surface area contributed by atoms with Crippen molar-refractivity contribution >= 4 is 17.5 Å². The van der Waals surface area contributed by atoms with E-state index in [9.17, 15) is 14.4 Å². The van der Waals surface area contributed by atoms with Gasteiger partial charge >= 0.3 is 5.69 Å². The molecule has 4 aromatic rings. The quantitative estimate of drug-likeness (QED) is 0.455. The van der Waals surface area contributed by atoms with Gasteiger partial charge in [-0.05, 0) is 49.2 Å². The van der Waals surface area contributed by atoms with Crippen LogP contribution >= 0.6 is 11.6 Å². The lowest BCUT2D eigenvalue weighted by atomic mass is 10.1. The third-order valence-corrected chi connectivity index (χ3v) is 5.86. The molecular weight excluding hydrogens is 452 g/mol. The lowest BCUT2D eigenvalue weighted by molar-refractivity contribution is 0.0929. The van der Waals surface area contributed by atoms with Gasteiger partial charge in [0.05, 0.1) is 17.8 Å². The Balaban J connectivity index is 1.84. The van der Waals surface area contributed by atoms with Crippen LogP contribution in [-0.4, -0.2) is 20.3 Å². The first-order valence-corrected chi connectivity index (χ1v) is 11.2. The van der Waals surface area contributed by atoms with E-state index in [1.54, 1.807) is 31.2 Å². The Bertz CT molecular complexity index is 1410. The van der Waals surface area contributed by atoms with Crippen LogP contribution < -0.4 is 16.6 Å². The molecule has 172 valence electrons. The Morgan fingerprint density at radius 1 is 0.853 bits per heavy atom. The van der Waals surface area contributed by atoms with Crippen LogP contribution in [0.4, 0.5) is 0 Å². The van der Waals surface area contributed by atoms with Gasteiger partial charge in [-0.25, -0.2) is 9.36 Å². The van der Waals surface area contributed by atoms with Gasteiger partial charge in [0.2, 0.25) is 5.69 Å². The minimum absolute atomic E-state index is 0.370. The van der Waals surface area contributed by atoms with E-state index >= 15 is 0 Å². The molecule has 8 heteroatoms. The molecule has 4 rings (SSSR count). The normalized spacial score (nSPS) is 12.7. The molecule has 0 aliphatic carbocycles. The molecule has 34 heavy (non-hydrogen) atoms. The lowest BCUT2D eigenvalue weighted by Gasteiger charge is -2.19. The van der Waals surface area contributed by atoms with E-state index in [4.69, 9.17) is 11.6 Å². The van der Waals surface area contributed by atoms with Crippen LogP contribution in [0.2, 0.25) is 5.02 Å². The first-order chi connectivity index (χ1) is 16.4. The predicted octanol–water partition coefficient (Wildman–Crippen LogP) is 4.15. The number of aromatic nitrogens is 3. The van der Waals surface area contributed by atoms with Crippen LogP contribution in [-0.2, 0) is 0 Å². The molecule has 0 aliphatic rings. The molecule has 1 heterocycles. The van der Waals surface area contributed by atoms with Crippen molar-refractivity contribution in [2.24, 2.45) is 0 Å². The van der Waals surface area contributed by atoms with Crippen molar-refractivity contribution in [2.45, 2.75) is 25.9 Å². The summed E-state index contributed by atoms with van der Waals surface area (Å²) in [5.41, 5.74) is 0.216. The highest BCUT2D eigenvalue weighted by Gasteiger charge is 2.24. The zero-order valence-corrected chi connectivity index (χ0v) is 19.4. The van der Waals surface area contributed by atoms with Crippen LogP contribution in [0.25, 0.3) is 5.69 Å². The lowest BCUT2D eigenvalue weighted by Crippen LogP contribution is -2.47. The van der Waals surface area contributed by atoms with Crippen molar-refractivity contribution in [3.8, 4) is 5.69 Å². The molecule has 0 aliphatic heterocycles. The summed E-state index contributed by atoms with van der Waals surface area (Å²) in [5.74, 6) is -0.668. The van der Waals surface area contributed by atoms with Gasteiger partial charge in [0, 0.05) is 5.02 Å². The summed E-state index contributed by atoms with van der Waals surface area (Å²) in [6.45, 7) is 3.55. The summed E-state index contributed by atoms with van der Waals surface area (Å²) in [4.78, 5) is 40.0. The number of rotatable bonds is 6. The van der Waals surface area contributed by atoms with E-state index in [-0.39, 0.29) is 11.7 Å². The van der Waals surface area contributed by atoms with E-state index in [1.165, 1.54) is 0 Å². The SMILES string of the molecule is C[C@H](c1ccccc1)n1c(=O)c(C(=O)N[C@H](C)c2ccccc2)nn(-c2ccc(Cl)cc2)c1=O. The summed E-state index contributed by atoms with van der Waals surface area (Å²) in [5, 5.41) is 7.47. The Kier molecular flexibility index (Phi) is 6.75. The molecule has 0 spiro atoms. The van der Waals surface area contributed by atoms with Gasteiger partial charge in [-0.15, -0.1) is 0 Å². The van der Waals surface area contributed by atoms with Crippen LogP contribution in [0.5, 0.6) is 0 Å². The first kappa shape index (κ1) is 23.2. The van der Waals surface area contributed by atoms with E-state index in [0.29, 0.717) is 10.7 Å². The standard InChI is InChI=1S/C26H23ClN4O3/c1-17(19-9-5-3-6-10-19)28-24(32)23-25(33)30(18(2)20-11-7-4-8-12-20)26(34)31(29-23)22-15-13-21(27)14-16-22/h3-18H,1-2H3,(H,28,32)/t17-,18-/m1/s1. The molecule has 0 saturated carbocycles. The first-order valence-electron chi connectivity index (χ1n) is 10.8. The monoisotopic (exact) mass is 474 g/mol. The van der Waals surface area contributed by atoms with Gasteiger partial charge in [-0.3, -0.25) is 9.59 Å². The molecule has 0 bridgehead atoms. The fourth-order valence-electron chi connectivity index (χ4n) is 3.69. The van der Waals surface area contributed by atoms with Crippen LogP contribution in [0, 0.1) is 0 Å². The van der Waals surface area contributed by atoms with Crippen LogP contribution in [0.3, 0.4) is 0 Å². The molecule has 1 aromatic heterocycles. The van der Waals surface area contributed by atoms with Crippen molar-refractivity contribution < 1.29 is 4.79 Å². The van der Waals surface area contributed by atoms with Crippen molar-refractivity contribution in [3.05, 3.63) is 128 Å². The van der Waals surface area contributed by atoms with Gasteiger partial charge in [0.15, 0.2) is 0 Å². The van der Waals surface area contributed by atoms with E-state index in [0.717, 1.165) is 20.4 Å². The summed E-state index contributed by atoms with van der Waals surface area (Å²) in [7, 11) is 0. The number of carbonyl (C=O) groups is 1. The second kappa shape index (κ2) is 9.89. The van der Waals surface area contributed by atoms with Crippen LogP contribution in [0.1, 0.15) is 47.5 Å². The average Bonchev–Trinajstić information content (AvgIpc) is 2.86. The van der Waals surface area contributed by atoms with E-state index < -0.39 is 23.2 Å². The number of hydrogen-bond acceptors (Lipinski definition) is 4. The number of nitrogens with one attached hydrogen (secondary N) is 1. The number of hydrogen-bond donors (Lipinski definition) is 1. The van der Waals surface area contributed by atoms with Gasteiger partial charge in [0.1, 0.15) is 0 Å². The van der Waals surface area contributed by atoms with E-state index in [1.807, 2.05) is 67.6 Å². The third kappa shape index (κ3) is 4.70. The van der Waals surface area contributed by atoms with Gasteiger partial charge < -0.3 is 5.32 Å². The molecule has 2 atom stereocenters. The number of nitrogens with zero attached hydrogens (tertiary/aromatic N) is 3. The van der Waals surface area contributed by atoms with E-state index in [2.05, 4.69) is 10.4 Å². The zero-order chi connectivity index (χ0) is 24.2. The summed E-state index contributed by atoms with van der Waals surface area (Å²) >= 11 is 6.00. The fraction of sp³-hybridized carbons (Fsp3) is 0.154. The topological polar surface area (TPSA) is 86.0 Å². The predicted molar refractivity (Wildman–Crippen MR) is 132 cm³/mol. The Labute approximate surface area is 201 Å². The smallest absolute Gasteiger partial charge is 0.344 e. The van der Waals surface area contributed by atoms with Gasteiger partial charge in [0.25, 0.3) is 11.5 Å². The second-order valence-electron chi connectivity index (χ2n) is 7.89. The molecule has 0 fully saturated rings.